The zero-order valence-electron chi connectivity index (χ0n) is 6.21. The quantitative estimate of drug-likeness (QED) is 0.540. The van der Waals surface area contributed by atoms with E-state index >= 15 is 0 Å². The predicted octanol–water partition coefficient (Wildman–Crippen LogP) is 0.520. The molecule has 2 unspecified atom stereocenters. The van der Waals surface area contributed by atoms with Crippen molar-refractivity contribution in [3.8, 4) is 0 Å². The van der Waals surface area contributed by atoms with Crippen LogP contribution in [-0.4, -0.2) is 17.1 Å². The van der Waals surface area contributed by atoms with Gasteiger partial charge >= 0.3 is 5.97 Å². The van der Waals surface area contributed by atoms with E-state index in [1.165, 1.54) is 0 Å². The summed E-state index contributed by atoms with van der Waals surface area (Å²) in [5, 5.41) is 8.66. The number of aliphatic carboxylic acids is 1. The molecule has 3 N–H and O–H groups in total. The Balaban J connectivity index is 2.74. The summed E-state index contributed by atoms with van der Waals surface area (Å²) in [4.78, 5) is 10.5. The van der Waals surface area contributed by atoms with Crippen LogP contribution in [0, 0.1) is 5.92 Å². The van der Waals surface area contributed by atoms with Gasteiger partial charge in [0.25, 0.3) is 0 Å². The Kier molecular flexibility index (Phi) is 2.13. The van der Waals surface area contributed by atoms with Gasteiger partial charge in [0.05, 0.1) is 5.92 Å². The monoisotopic (exact) mass is 153 g/mol. The smallest absolute Gasteiger partial charge is 0.308 e. The van der Waals surface area contributed by atoms with Crippen LogP contribution in [0.5, 0.6) is 0 Å². The highest BCUT2D eigenvalue weighted by molar-refractivity contribution is 5.72. The van der Waals surface area contributed by atoms with E-state index in [9.17, 15) is 4.79 Å². The first-order valence-electron chi connectivity index (χ1n) is 3.51. The van der Waals surface area contributed by atoms with Gasteiger partial charge in [0, 0.05) is 6.04 Å². The molecule has 1 aliphatic rings. The first-order chi connectivity index (χ1) is 5.15. The van der Waals surface area contributed by atoms with E-state index in [0.29, 0.717) is 12.8 Å². The lowest BCUT2D eigenvalue weighted by Crippen LogP contribution is -2.30. The van der Waals surface area contributed by atoms with Gasteiger partial charge in [-0.2, -0.15) is 0 Å². The lowest BCUT2D eigenvalue weighted by Gasteiger charge is -2.06. The summed E-state index contributed by atoms with van der Waals surface area (Å²) in [5.41, 5.74) is 9.21. The zero-order valence-corrected chi connectivity index (χ0v) is 6.21. The molecule has 0 aromatic carbocycles. The molecular weight excluding hydrogens is 142 g/mol. The van der Waals surface area contributed by atoms with Crippen molar-refractivity contribution in [3.05, 3.63) is 17.9 Å². The Hall–Kier alpha value is -1.05. The number of nitrogens with two attached hydrogens (primary N) is 1. The van der Waals surface area contributed by atoms with Crippen LogP contribution in [0.25, 0.3) is 0 Å². The molecule has 3 nitrogen and oxygen atoms in total. The fraction of sp³-hybridized carbons (Fsp3) is 0.500. The molecule has 0 aromatic rings. The molecule has 0 aromatic heterocycles. The van der Waals surface area contributed by atoms with Gasteiger partial charge in [-0.05, 0) is 18.4 Å². The number of carboxylic acids is 1. The Morgan fingerprint density at radius 2 is 2.36 bits per heavy atom. The maximum absolute atomic E-state index is 10.5. The molecule has 0 bridgehead atoms. The third-order valence-corrected chi connectivity index (χ3v) is 2.03. The number of hydrogen-bond acceptors (Lipinski definition) is 2. The first-order valence-corrected chi connectivity index (χ1v) is 3.51. The highest BCUT2D eigenvalue weighted by Crippen LogP contribution is 2.28. The standard InChI is InChI=1S/C8H11NO2/c1-2-5-3-6(8(10)11)7(9)4-5/h6-7H,1,3-4,9H2,(H,10,11). The topological polar surface area (TPSA) is 63.3 Å². The summed E-state index contributed by atoms with van der Waals surface area (Å²) < 4.78 is 0. The van der Waals surface area contributed by atoms with Crippen LogP contribution in [0.3, 0.4) is 0 Å². The third-order valence-electron chi connectivity index (χ3n) is 2.03. The van der Waals surface area contributed by atoms with Crippen LogP contribution in [-0.2, 0) is 4.79 Å². The highest BCUT2D eigenvalue weighted by atomic mass is 16.4. The largest absolute Gasteiger partial charge is 0.481 e. The minimum absolute atomic E-state index is 0.253. The third kappa shape index (κ3) is 1.50. The molecule has 1 saturated carbocycles. The molecule has 11 heavy (non-hydrogen) atoms. The van der Waals surface area contributed by atoms with Crippen molar-refractivity contribution in [2.75, 3.05) is 0 Å². The summed E-state index contributed by atoms with van der Waals surface area (Å²) in [6, 6.07) is -0.253. The predicted molar refractivity (Wildman–Crippen MR) is 41.0 cm³/mol. The Bertz CT molecular complexity index is 228. The number of carboxylic acid groups (broad SMARTS) is 1. The Labute approximate surface area is 65.2 Å². The van der Waals surface area contributed by atoms with Gasteiger partial charge in [-0.15, -0.1) is 5.73 Å². The summed E-state index contributed by atoms with van der Waals surface area (Å²) >= 11 is 0. The minimum atomic E-state index is -0.817. The maximum Gasteiger partial charge on any atom is 0.308 e. The first kappa shape index (κ1) is 8.05. The SMILES string of the molecule is C=C=C1CC(N)C(C(=O)O)C1. The average Bonchev–Trinajstić information content (AvgIpc) is 2.30. The van der Waals surface area contributed by atoms with Gasteiger partial charge in [-0.25, -0.2) is 0 Å². The summed E-state index contributed by atoms with van der Waals surface area (Å²) in [5.74, 6) is -1.25. The normalized spacial score (nSPS) is 30.1. The van der Waals surface area contributed by atoms with E-state index in [1.807, 2.05) is 0 Å². The molecule has 1 rings (SSSR count). The van der Waals surface area contributed by atoms with E-state index in [2.05, 4.69) is 12.3 Å². The summed E-state index contributed by atoms with van der Waals surface area (Å²) in [7, 11) is 0. The molecule has 1 fully saturated rings. The van der Waals surface area contributed by atoms with Gasteiger partial charge in [0.1, 0.15) is 0 Å². The zero-order chi connectivity index (χ0) is 8.43. The molecule has 2 atom stereocenters. The lowest BCUT2D eigenvalue weighted by molar-refractivity contribution is -0.141. The van der Waals surface area contributed by atoms with Crippen molar-refractivity contribution in [2.24, 2.45) is 11.7 Å². The van der Waals surface area contributed by atoms with Crippen LogP contribution in [0.4, 0.5) is 0 Å². The molecule has 1 aliphatic carbocycles. The van der Waals surface area contributed by atoms with E-state index in [0.717, 1.165) is 5.57 Å². The van der Waals surface area contributed by atoms with Crippen molar-refractivity contribution in [3.63, 3.8) is 0 Å². The minimum Gasteiger partial charge on any atom is -0.481 e. The van der Waals surface area contributed by atoms with Crippen molar-refractivity contribution in [1.29, 1.82) is 0 Å². The van der Waals surface area contributed by atoms with Gasteiger partial charge < -0.3 is 10.8 Å². The fourth-order valence-electron chi connectivity index (χ4n) is 1.34. The molecule has 0 heterocycles. The molecule has 3 heteroatoms. The molecular formula is C8H11NO2. The second-order valence-corrected chi connectivity index (χ2v) is 2.80. The van der Waals surface area contributed by atoms with Gasteiger partial charge in [-0.3, -0.25) is 4.79 Å². The van der Waals surface area contributed by atoms with Crippen LogP contribution in [0.1, 0.15) is 12.8 Å². The molecule has 0 radical (unpaired) electrons. The lowest BCUT2D eigenvalue weighted by atomic mass is 10.1. The Morgan fingerprint density at radius 1 is 1.73 bits per heavy atom. The number of rotatable bonds is 1. The summed E-state index contributed by atoms with van der Waals surface area (Å²) in [6.45, 7) is 3.46. The maximum atomic E-state index is 10.5. The molecule has 0 amide bonds. The van der Waals surface area contributed by atoms with Crippen molar-refractivity contribution in [1.82, 2.24) is 0 Å². The average molecular weight is 153 g/mol. The van der Waals surface area contributed by atoms with Crippen LogP contribution >= 0.6 is 0 Å². The second kappa shape index (κ2) is 2.91. The van der Waals surface area contributed by atoms with Crippen LogP contribution < -0.4 is 5.73 Å². The Morgan fingerprint density at radius 3 is 2.64 bits per heavy atom. The molecule has 0 aliphatic heterocycles. The number of hydrogen-bond donors (Lipinski definition) is 2. The van der Waals surface area contributed by atoms with Crippen molar-refractivity contribution >= 4 is 5.97 Å². The highest BCUT2D eigenvalue weighted by Gasteiger charge is 2.32. The van der Waals surface area contributed by atoms with E-state index in [-0.39, 0.29) is 6.04 Å². The fourth-order valence-corrected chi connectivity index (χ4v) is 1.34. The molecule has 0 spiro atoms. The summed E-state index contributed by atoms with van der Waals surface area (Å²) in [6.07, 6.45) is 1.14. The van der Waals surface area contributed by atoms with E-state index < -0.39 is 11.9 Å². The van der Waals surface area contributed by atoms with Crippen molar-refractivity contribution in [2.45, 2.75) is 18.9 Å². The molecule has 60 valence electrons. The van der Waals surface area contributed by atoms with E-state index in [4.69, 9.17) is 10.8 Å². The van der Waals surface area contributed by atoms with Crippen LogP contribution in [0.2, 0.25) is 0 Å². The van der Waals surface area contributed by atoms with Gasteiger partial charge in [0.15, 0.2) is 0 Å². The van der Waals surface area contributed by atoms with Gasteiger partial charge in [0.2, 0.25) is 0 Å². The van der Waals surface area contributed by atoms with Crippen molar-refractivity contribution < 1.29 is 9.90 Å². The molecule has 0 saturated heterocycles. The number of carbonyl (C=O) groups is 1. The van der Waals surface area contributed by atoms with Gasteiger partial charge in [-0.1, -0.05) is 6.58 Å². The second-order valence-electron chi connectivity index (χ2n) is 2.80. The van der Waals surface area contributed by atoms with E-state index in [1.54, 1.807) is 0 Å². The van der Waals surface area contributed by atoms with Crippen LogP contribution in [0.15, 0.2) is 17.9 Å².